The maximum atomic E-state index is 11.7. The molecule has 0 unspecified atom stereocenters. The minimum absolute atomic E-state index is 0.0195. The smallest absolute Gasteiger partial charge is 0.302 e. The summed E-state index contributed by atoms with van der Waals surface area (Å²) in [5, 5.41) is 0. The summed E-state index contributed by atoms with van der Waals surface area (Å²) in [6.45, 7) is 1.59. The summed E-state index contributed by atoms with van der Waals surface area (Å²) in [5.74, 6) is -0.336. The normalized spacial score (nSPS) is 9.95. The van der Waals surface area contributed by atoms with E-state index >= 15 is 0 Å². The zero-order valence-electron chi connectivity index (χ0n) is 11.1. The maximum Gasteiger partial charge on any atom is 0.302 e. The van der Waals surface area contributed by atoms with E-state index in [1.54, 1.807) is 24.3 Å². The highest BCUT2D eigenvalue weighted by Gasteiger charge is 2.09. The number of rotatable bonds is 8. The number of carbonyl (C=O) groups excluding carboxylic acids is 3. The van der Waals surface area contributed by atoms with Crippen molar-refractivity contribution in [3.63, 3.8) is 0 Å². The zero-order valence-corrected chi connectivity index (χ0v) is 11.1. The monoisotopic (exact) mass is 262 g/mol. The highest BCUT2D eigenvalue weighted by atomic mass is 16.5. The van der Waals surface area contributed by atoms with Gasteiger partial charge in [0.1, 0.15) is 5.78 Å². The molecule has 0 aliphatic rings. The third kappa shape index (κ3) is 6.50. The molecule has 1 rings (SSSR count). The topological polar surface area (TPSA) is 60.4 Å². The lowest BCUT2D eigenvalue weighted by Crippen LogP contribution is -2.07. The molecule has 0 N–H and O–H groups in total. The van der Waals surface area contributed by atoms with Gasteiger partial charge in [0, 0.05) is 31.7 Å². The van der Waals surface area contributed by atoms with Crippen molar-refractivity contribution in [3.8, 4) is 0 Å². The molecule has 0 atom stereocenters. The van der Waals surface area contributed by atoms with E-state index in [1.165, 1.54) is 6.92 Å². The lowest BCUT2D eigenvalue weighted by molar-refractivity contribution is -0.141. The van der Waals surface area contributed by atoms with Crippen molar-refractivity contribution in [2.75, 3.05) is 6.61 Å². The summed E-state index contributed by atoms with van der Waals surface area (Å²) in [6.07, 6.45) is 1.33. The van der Waals surface area contributed by atoms with Gasteiger partial charge in [-0.2, -0.15) is 0 Å². The molecule has 0 aliphatic carbocycles. The van der Waals surface area contributed by atoms with E-state index in [0.29, 0.717) is 18.4 Å². The molecule has 0 aromatic heterocycles. The molecule has 0 bridgehead atoms. The zero-order chi connectivity index (χ0) is 14.1. The van der Waals surface area contributed by atoms with Gasteiger partial charge in [-0.3, -0.25) is 14.4 Å². The van der Waals surface area contributed by atoms with Gasteiger partial charge >= 0.3 is 5.97 Å². The van der Waals surface area contributed by atoms with Crippen molar-refractivity contribution in [2.45, 2.75) is 32.6 Å². The van der Waals surface area contributed by atoms with Gasteiger partial charge in [0.2, 0.25) is 0 Å². The number of esters is 1. The molecular formula is C15H18O4. The Morgan fingerprint density at radius 3 is 2.32 bits per heavy atom. The lowest BCUT2D eigenvalue weighted by Gasteiger charge is -2.02. The van der Waals surface area contributed by atoms with E-state index in [0.717, 1.165) is 0 Å². The van der Waals surface area contributed by atoms with E-state index < -0.39 is 0 Å². The summed E-state index contributed by atoms with van der Waals surface area (Å²) in [4.78, 5) is 33.8. The molecule has 0 radical (unpaired) electrons. The van der Waals surface area contributed by atoms with Crippen molar-refractivity contribution >= 4 is 17.5 Å². The van der Waals surface area contributed by atoms with Gasteiger partial charge in [0.25, 0.3) is 0 Å². The van der Waals surface area contributed by atoms with E-state index in [1.807, 2.05) is 6.07 Å². The molecule has 0 amide bonds. The van der Waals surface area contributed by atoms with Gasteiger partial charge in [-0.1, -0.05) is 30.3 Å². The second kappa shape index (κ2) is 8.19. The Morgan fingerprint density at radius 1 is 1.00 bits per heavy atom. The predicted molar refractivity (Wildman–Crippen MR) is 70.9 cm³/mol. The molecule has 0 spiro atoms. The average Bonchev–Trinajstić information content (AvgIpc) is 2.41. The lowest BCUT2D eigenvalue weighted by atomic mass is 10.0. The number of ether oxygens (including phenoxy) is 1. The summed E-state index contributed by atoms with van der Waals surface area (Å²) in [5.41, 5.74) is 0.634. The van der Waals surface area contributed by atoms with E-state index in [4.69, 9.17) is 4.74 Å². The second-order valence-corrected chi connectivity index (χ2v) is 4.27. The fourth-order valence-corrected chi connectivity index (χ4v) is 1.63. The third-order valence-corrected chi connectivity index (χ3v) is 2.63. The van der Waals surface area contributed by atoms with Crippen LogP contribution < -0.4 is 0 Å². The molecular weight excluding hydrogens is 244 g/mol. The molecule has 4 heteroatoms. The minimum atomic E-state index is -0.341. The fourth-order valence-electron chi connectivity index (χ4n) is 1.63. The first kappa shape index (κ1) is 15.1. The number of carbonyl (C=O) groups is 3. The SMILES string of the molecule is CC(=O)OCCCC(=O)CCC(=O)c1ccccc1. The summed E-state index contributed by atoms with van der Waals surface area (Å²) >= 11 is 0. The summed E-state index contributed by atoms with van der Waals surface area (Å²) < 4.78 is 4.73. The highest BCUT2D eigenvalue weighted by molar-refractivity contribution is 5.98. The number of benzene rings is 1. The molecule has 0 aliphatic heterocycles. The van der Waals surface area contributed by atoms with Gasteiger partial charge in [-0.25, -0.2) is 0 Å². The first-order chi connectivity index (χ1) is 9.09. The van der Waals surface area contributed by atoms with Gasteiger partial charge in [-0.05, 0) is 6.42 Å². The minimum Gasteiger partial charge on any atom is -0.466 e. The van der Waals surface area contributed by atoms with Crippen molar-refractivity contribution < 1.29 is 19.1 Å². The molecule has 0 saturated carbocycles. The third-order valence-electron chi connectivity index (χ3n) is 2.63. The highest BCUT2D eigenvalue weighted by Crippen LogP contribution is 2.07. The first-order valence-electron chi connectivity index (χ1n) is 6.33. The van der Waals surface area contributed by atoms with Crippen LogP contribution in [-0.4, -0.2) is 24.1 Å². The van der Waals surface area contributed by atoms with Gasteiger partial charge in [0.15, 0.2) is 5.78 Å². The van der Waals surface area contributed by atoms with Crippen molar-refractivity contribution in [3.05, 3.63) is 35.9 Å². The van der Waals surface area contributed by atoms with Crippen LogP contribution in [0.2, 0.25) is 0 Å². The number of hydrogen-bond donors (Lipinski definition) is 0. The maximum absolute atomic E-state index is 11.7. The largest absolute Gasteiger partial charge is 0.466 e. The van der Waals surface area contributed by atoms with E-state index in [9.17, 15) is 14.4 Å². The second-order valence-electron chi connectivity index (χ2n) is 4.27. The molecule has 102 valence electrons. The van der Waals surface area contributed by atoms with Crippen LogP contribution in [0, 0.1) is 0 Å². The average molecular weight is 262 g/mol. The quantitative estimate of drug-likeness (QED) is 0.410. The predicted octanol–water partition coefficient (Wildman–Crippen LogP) is 2.56. The molecule has 4 nitrogen and oxygen atoms in total. The Kier molecular flexibility index (Phi) is 6.50. The summed E-state index contributed by atoms with van der Waals surface area (Å²) in [6, 6.07) is 8.93. The van der Waals surface area contributed by atoms with Crippen molar-refractivity contribution in [1.82, 2.24) is 0 Å². The Balaban J connectivity index is 2.20. The van der Waals surface area contributed by atoms with Crippen LogP contribution in [0.5, 0.6) is 0 Å². The number of Topliss-reactive ketones (excluding diaryl/α,β-unsaturated/α-hetero) is 2. The Morgan fingerprint density at radius 2 is 1.68 bits per heavy atom. The van der Waals surface area contributed by atoms with Gasteiger partial charge in [-0.15, -0.1) is 0 Å². The van der Waals surface area contributed by atoms with Crippen molar-refractivity contribution in [2.24, 2.45) is 0 Å². The Labute approximate surface area is 112 Å². The van der Waals surface area contributed by atoms with Crippen LogP contribution in [-0.2, 0) is 14.3 Å². The molecule has 1 aromatic carbocycles. The standard InChI is InChI=1S/C15H18O4/c1-12(16)19-11-5-8-14(17)9-10-15(18)13-6-3-2-4-7-13/h2-4,6-7H,5,8-11H2,1H3. The van der Waals surface area contributed by atoms with Crippen LogP contribution in [0.15, 0.2) is 30.3 Å². The number of hydrogen-bond acceptors (Lipinski definition) is 4. The van der Waals surface area contributed by atoms with Crippen LogP contribution in [0.4, 0.5) is 0 Å². The van der Waals surface area contributed by atoms with Gasteiger partial charge in [0.05, 0.1) is 6.61 Å². The molecule has 1 aromatic rings. The van der Waals surface area contributed by atoms with Crippen LogP contribution in [0.1, 0.15) is 43.0 Å². The van der Waals surface area contributed by atoms with Crippen LogP contribution >= 0.6 is 0 Å². The Bertz CT molecular complexity index is 437. The Hall–Kier alpha value is -1.97. The fraction of sp³-hybridized carbons (Fsp3) is 0.400. The molecule has 0 fully saturated rings. The van der Waals surface area contributed by atoms with Crippen LogP contribution in [0.25, 0.3) is 0 Å². The number of ketones is 2. The van der Waals surface area contributed by atoms with Crippen LogP contribution in [0.3, 0.4) is 0 Å². The van der Waals surface area contributed by atoms with Gasteiger partial charge < -0.3 is 4.74 Å². The van der Waals surface area contributed by atoms with E-state index in [2.05, 4.69) is 0 Å². The van der Waals surface area contributed by atoms with E-state index in [-0.39, 0.29) is 37.0 Å². The first-order valence-corrected chi connectivity index (χ1v) is 6.33. The van der Waals surface area contributed by atoms with Crippen molar-refractivity contribution in [1.29, 1.82) is 0 Å². The molecule has 0 saturated heterocycles. The summed E-state index contributed by atoms with van der Waals surface area (Å²) in [7, 11) is 0. The molecule has 0 heterocycles. The molecule has 19 heavy (non-hydrogen) atoms.